The number of hydrogen-bond donors (Lipinski definition) is 2. The van der Waals surface area contributed by atoms with Crippen LogP contribution >= 0.6 is 22.7 Å². The molecule has 5 nitrogen and oxygen atoms in total. The van der Waals surface area contributed by atoms with E-state index in [2.05, 4.69) is 15.3 Å². The van der Waals surface area contributed by atoms with Crippen LogP contribution < -0.4 is 11.1 Å². The third-order valence-corrected chi connectivity index (χ3v) is 4.22. The molecule has 1 aromatic carbocycles. The van der Waals surface area contributed by atoms with E-state index in [0.29, 0.717) is 17.4 Å². The van der Waals surface area contributed by atoms with E-state index in [1.54, 1.807) is 22.2 Å². The predicted molar refractivity (Wildman–Crippen MR) is 77.3 cm³/mol. The van der Waals surface area contributed by atoms with Crippen molar-refractivity contribution in [3.05, 3.63) is 40.3 Å². The molecule has 0 aliphatic carbocycles. The van der Waals surface area contributed by atoms with E-state index in [1.807, 2.05) is 18.2 Å². The Morgan fingerprint density at radius 2 is 2.26 bits per heavy atom. The van der Waals surface area contributed by atoms with Crippen LogP contribution in [-0.4, -0.2) is 15.9 Å². The van der Waals surface area contributed by atoms with Gasteiger partial charge in [0, 0.05) is 11.9 Å². The van der Waals surface area contributed by atoms with Crippen molar-refractivity contribution in [3.63, 3.8) is 0 Å². The number of anilines is 1. The Morgan fingerprint density at radius 1 is 1.37 bits per heavy atom. The molecule has 0 saturated carbocycles. The largest absolute Gasteiger partial charge is 0.375 e. The van der Waals surface area contributed by atoms with E-state index >= 15 is 0 Å². The summed E-state index contributed by atoms with van der Waals surface area (Å²) in [5, 5.41) is 4.89. The lowest BCUT2D eigenvalue weighted by Gasteiger charge is -2.04. The highest BCUT2D eigenvalue weighted by Crippen LogP contribution is 2.22. The van der Waals surface area contributed by atoms with Crippen LogP contribution in [0, 0.1) is 0 Å². The number of nitrogens with one attached hydrogen (secondary N) is 1. The predicted octanol–water partition coefficient (Wildman–Crippen LogP) is 2.26. The number of nitrogen functional groups attached to an aromatic ring is 1. The minimum absolute atomic E-state index is 0.213. The van der Waals surface area contributed by atoms with Gasteiger partial charge in [-0.2, -0.15) is 0 Å². The minimum atomic E-state index is -0.213. The van der Waals surface area contributed by atoms with Crippen LogP contribution in [0.4, 0.5) is 5.13 Å². The first-order valence-electron chi connectivity index (χ1n) is 5.54. The van der Waals surface area contributed by atoms with Gasteiger partial charge in [-0.05, 0) is 11.6 Å². The van der Waals surface area contributed by atoms with Crippen molar-refractivity contribution in [2.75, 3.05) is 5.73 Å². The summed E-state index contributed by atoms with van der Waals surface area (Å²) in [5.74, 6) is -0.213. The molecule has 3 aromatic rings. The smallest absolute Gasteiger partial charge is 0.271 e. The molecule has 0 unspecified atom stereocenters. The third kappa shape index (κ3) is 2.42. The summed E-state index contributed by atoms with van der Waals surface area (Å²) in [5.41, 5.74) is 9.67. The van der Waals surface area contributed by atoms with Crippen molar-refractivity contribution in [2.45, 2.75) is 6.54 Å². The van der Waals surface area contributed by atoms with Crippen molar-refractivity contribution in [3.8, 4) is 0 Å². The molecule has 19 heavy (non-hydrogen) atoms. The maximum Gasteiger partial charge on any atom is 0.271 e. The molecule has 0 aliphatic heterocycles. The van der Waals surface area contributed by atoms with E-state index in [9.17, 15) is 4.79 Å². The van der Waals surface area contributed by atoms with Gasteiger partial charge in [0.25, 0.3) is 5.91 Å². The average molecular weight is 290 g/mol. The van der Waals surface area contributed by atoms with Crippen LogP contribution in [0.15, 0.2) is 29.1 Å². The second kappa shape index (κ2) is 4.94. The van der Waals surface area contributed by atoms with Crippen molar-refractivity contribution < 1.29 is 4.79 Å². The van der Waals surface area contributed by atoms with Gasteiger partial charge in [-0.3, -0.25) is 4.79 Å². The van der Waals surface area contributed by atoms with Gasteiger partial charge in [0.2, 0.25) is 0 Å². The number of benzene rings is 1. The van der Waals surface area contributed by atoms with Crippen LogP contribution in [0.3, 0.4) is 0 Å². The van der Waals surface area contributed by atoms with Crippen LogP contribution in [0.1, 0.15) is 16.1 Å². The first kappa shape index (κ1) is 12.1. The molecule has 0 spiro atoms. The SMILES string of the molecule is Nc1nc(C(=O)NCc2cccc3ncsc23)cs1. The summed E-state index contributed by atoms with van der Waals surface area (Å²) in [6, 6.07) is 5.87. The zero-order valence-electron chi connectivity index (χ0n) is 9.79. The molecule has 7 heteroatoms. The molecule has 3 N–H and O–H groups in total. The van der Waals surface area contributed by atoms with Gasteiger partial charge < -0.3 is 11.1 Å². The molecule has 3 rings (SSSR count). The number of carbonyl (C=O) groups is 1. The Balaban J connectivity index is 1.76. The minimum Gasteiger partial charge on any atom is -0.375 e. The molecule has 2 aromatic heterocycles. The Labute approximate surface area is 117 Å². The summed E-state index contributed by atoms with van der Waals surface area (Å²) in [7, 11) is 0. The van der Waals surface area contributed by atoms with Gasteiger partial charge >= 0.3 is 0 Å². The zero-order chi connectivity index (χ0) is 13.2. The van der Waals surface area contributed by atoms with E-state index in [1.165, 1.54) is 11.3 Å². The van der Waals surface area contributed by atoms with Crippen LogP contribution in [0.5, 0.6) is 0 Å². The van der Waals surface area contributed by atoms with Crippen molar-refractivity contribution in [1.29, 1.82) is 0 Å². The number of nitrogens with zero attached hydrogens (tertiary/aromatic N) is 2. The lowest BCUT2D eigenvalue weighted by molar-refractivity contribution is 0.0947. The topological polar surface area (TPSA) is 80.9 Å². The number of hydrogen-bond acceptors (Lipinski definition) is 6. The molecule has 0 fully saturated rings. The third-order valence-electron chi connectivity index (χ3n) is 2.63. The highest BCUT2D eigenvalue weighted by atomic mass is 32.1. The lowest BCUT2D eigenvalue weighted by atomic mass is 10.2. The molecule has 0 radical (unpaired) electrons. The second-order valence-electron chi connectivity index (χ2n) is 3.87. The maximum absolute atomic E-state index is 11.9. The van der Waals surface area contributed by atoms with Gasteiger partial charge in [0.15, 0.2) is 5.13 Å². The molecule has 0 bridgehead atoms. The van der Waals surface area contributed by atoms with E-state index in [4.69, 9.17) is 5.73 Å². The fourth-order valence-corrected chi connectivity index (χ4v) is 3.09. The van der Waals surface area contributed by atoms with Crippen molar-refractivity contribution in [1.82, 2.24) is 15.3 Å². The summed E-state index contributed by atoms with van der Waals surface area (Å²) >= 11 is 2.83. The fraction of sp³-hybridized carbons (Fsp3) is 0.0833. The fourth-order valence-electron chi connectivity index (χ4n) is 1.74. The van der Waals surface area contributed by atoms with Crippen LogP contribution in [0.25, 0.3) is 10.2 Å². The molecule has 2 heterocycles. The van der Waals surface area contributed by atoms with Gasteiger partial charge in [-0.25, -0.2) is 9.97 Å². The average Bonchev–Trinajstić information content (AvgIpc) is 3.04. The standard InChI is InChI=1S/C12H10N4OS2/c13-12-16-9(5-18-12)11(17)14-4-7-2-1-3-8-10(7)19-6-15-8/h1-3,5-6H,4H2,(H2,13,16)(H,14,17). The Morgan fingerprint density at radius 3 is 3.05 bits per heavy atom. The number of amides is 1. The lowest BCUT2D eigenvalue weighted by Crippen LogP contribution is -2.23. The highest BCUT2D eigenvalue weighted by Gasteiger charge is 2.10. The van der Waals surface area contributed by atoms with Gasteiger partial charge in [0.1, 0.15) is 5.69 Å². The van der Waals surface area contributed by atoms with E-state index < -0.39 is 0 Å². The second-order valence-corrected chi connectivity index (χ2v) is 5.62. The Hall–Kier alpha value is -1.99. The quantitative estimate of drug-likeness (QED) is 0.775. The van der Waals surface area contributed by atoms with Gasteiger partial charge in [0.05, 0.1) is 15.7 Å². The van der Waals surface area contributed by atoms with Gasteiger partial charge in [-0.1, -0.05) is 12.1 Å². The number of rotatable bonds is 3. The first-order valence-corrected chi connectivity index (χ1v) is 7.30. The maximum atomic E-state index is 11.9. The van der Waals surface area contributed by atoms with Crippen LogP contribution in [0.2, 0.25) is 0 Å². The highest BCUT2D eigenvalue weighted by molar-refractivity contribution is 7.17. The number of aromatic nitrogens is 2. The number of nitrogens with two attached hydrogens (primary N) is 1. The molecule has 96 valence electrons. The van der Waals surface area contributed by atoms with E-state index in [-0.39, 0.29) is 5.91 Å². The summed E-state index contributed by atoms with van der Waals surface area (Å²) in [4.78, 5) is 20.1. The van der Waals surface area contributed by atoms with E-state index in [0.717, 1.165) is 15.8 Å². The summed E-state index contributed by atoms with van der Waals surface area (Å²) in [6.45, 7) is 0.454. The number of carbonyl (C=O) groups excluding carboxylic acids is 1. The van der Waals surface area contributed by atoms with Crippen LogP contribution in [-0.2, 0) is 6.54 Å². The molecule has 0 aliphatic rings. The molecule has 1 amide bonds. The molecular weight excluding hydrogens is 280 g/mol. The summed E-state index contributed by atoms with van der Waals surface area (Å²) in [6.07, 6.45) is 0. The Bertz CT molecular complexity index is 734. The summed E-state index contributed by atoms with van der Waals surface area (Å²) < 4.78 is 1.10. The van der Waals surface area contributed by atoms with Crippen molar-refractivity contribution >= 4 is 43.9 Å². The molecular formula is C12H10N4OS2. The first-order chi connectivity index (χ1) is 9.24. The number of thiazole rings is 2. The molecule has 0 saturated heterocycles. The normalized spacial score (nSPS) is 10.7. The number of fused-ring (bicyclic) bond motifs is 1. The Kier molecular flexibility index (Phi) is 3.14. The van der Waals surface area contributed by atoms with Gasteiger partial charge in [-0.15, -0.1) is 22.7 Å². The van der Waals surface area contributed by atoms with Crippen molar-refractivity contribution in [2.24, 2.45) is 0 Å². The zero-order valence-corrected chi connectivity index (χ0v) is 11.4. The molecule has 0 atom stereocenters. The monoisotopic (exact) mass is 290 g/mol.